The average molecular weight is 348 g/mol. The lowest BCUT2D eigenvalue weighted by atomic mass is 10.2. The highest BCUT2D eigenvalue weighted by atomic mass is 35.5. The maximum Gasteiger partial charge on any atom is 0.341 e. The molecule has 0 bridgehead atoms. The van der Waals surface area contributed by atoms with Crippen molar-refractivity contribution in [3.63, 3.8) is 0 Å². The van der Waals surface area contributed by atoms with Crippen LogP contribution in [0.2, 0.25) is 5.02 Å². The molecule has 2 aromatic carbocycles. The number of aliphatic carboxylic acids is 1. The molecule has 0 saturated carbocycles. The molecule has 0 aliphatic rings. The number of carboxylic acid groups (broad SMARTS) is 1. The first-order valence-corrected chi connectivity index (χ1v) is 7.79. The Kier molecular flexibility index (Phi) is 6.21. The Morgan fingerprint density at radius 2 is 2.04 bits per heavy atom. The van der Waals surface area contributed by atoms with Crippen LogP contribution in [0.4, 0.5) is 5.69 Å². The van der Waals surface area contributed by atoms with Crippen molar-refractivity contribution in [2.24, 2.45) is 4.99 Å². The molecule has 126 valence electrons. The van der Waals surface area contributed by atoms with Crippen LogP contribution in [-0.2, 0) is 4.79 Å². The van der Waals surface area contributed by atoms with E-state index in [1.165, 1.54) is 0 Å². The number of halogens is 1. The smallest absolute Gasteiger partial charge is 0.341 e. The Hall–Kier alpha value is -2.53. The van der Waals surface area contributed by atoms with Crippen LogP contribution in [0, 0.1) is 6.92 Å². The van der Waals surface area contributed by atoms with Gasteiger partial charge in [0.1, 0.15) is 0 Å². The fourth-order valence-electron chi connectivity index (χ4n) is 2.05. The molecule has 0 radical (unpaired) electrons. The van der Waals surface area contributed by atoms with Crippen molar-refractivity contribution in [1.82, 2.24) is 0 Å². The second-order valence-electron chi connectivity index (χ2n) is 4.99. The molecule has 0 atom stereocenters. The first-order chi connectivity index (χ1) is 11.5. The zero-order valence-corrected chi connectivity index (χ0v) is 14.2. The summed E-state index contributed by atoms with van der Waals surface area (Å²) in [7, 11) is 0. The first-order valence-electron chi connectivity index (χ1n) is 7.42. The molecule has 0 saturated heterocycles. The second kappa shape index (κ2) is 8.36. The maximum absolute atomic E-state index is 10.7. The summed E-state index contributed by atoms with van der Waals surface area (Å²) in [5, 5.41) is 9.02. The molecule has 6 heteroatoms. The molecule has 1 N–H and O–H groups in total. The third-order valence-electron chi connectivity index (χ3n) is 3.14. The van der Waals surface area contributed by atoms with Gasteiger partial charge < -0.3 is 14.6 Å². The van der Waals surface area contributed by atoms with E-state index in [0.29, 0.717) is 12.4 Å². The summed E-state index contributed by atoms with van der Waals surface area (Å²) in [5.41, 5.74) is 2.65. The predicted octanol–water partition coefficient (Wildman–Crippen LogP) is 4.26. The summed E-state index contributed by atoms with van der Waals surface area (Å²) in [6.45, 7) is 3.71. The van der Waals surface area contributed by atoms with Crippen LogP contribution in [0.5, 0.6) is 11.5 Å². The lowest BCUT2D eigenvalue weighted by Gasteiger charge is -2.13. The summed E-state index contributed by atoms with van der Waals surface area (Å²) in [4.78, 5) is 15.1. The molecule has 24 heavy (non-hydrogen) atoms. The van der Waals surface area contributed by atoms with Crippen LogP contribution in [0.1, 0.15) is 18.1 Å². The Labute approximate surface area is 145 Å². The molecular formula is C18H18ClNO4. The number of nitrogens with zero attached hydrogens (tertiary/aromatic N) is 1. The van der Waals surface area contributed by atoms with Gasteiger partial charge in [-0.3, -0.25) is 4.99 Å². The molecule has 0 unspecified atom stereocenters. The Balaban J connectivity index is 2.31. The molecule has 0 heterocycles. The molecule has 0 spiro atoms. The highest BCUT2D eigenvalue weighted by Crippen LogP contribution is 2.36. The number of rotatable bonds is 7. The van der Waals surface area contributed by atoms with Crippen LogP contribution < -0.4 is 9.47 Å². The van der Waals surface area contributed by atoms with Gasteiger partial charge in [0.05, 0.1) is 17.3 Å². The molecule has 0 amide bonds. The van der Waals surface area contributed by atoms with Gasteiger partial charge >= 0.3 is 5.97 Å². The summed E-state index contributed by atoms with van der Waals surface area (Å²) in [6, 6.07) is 11.1. The molecular weight excluding hydrogens is 330 g/mol. The summed E-state index contributed by atoms with van der Waals surface area (Å²) in [6.07, 6.45) is 1.68. The fraction of sp³-hybridized carbons (Fsp3) is 0.222. The van der Waals surface area contributed by atoms with E-state index in [1.54, 1.807) is 18.3 Å². The monoisotopic (exact) mass is 347 g/mol. The molecule has 0 aliphatic heterocycles. The maximum atomic E-state index is 10.7. The van der Waals surface area contributed by atoms with Crippen molar-refractivity contribution in [2.45, 2.75) is 13.8 Å². The molecule has 2 aromatic rings. The van der Waals surface area contributed by atoms with Gasteiger partial charge in [-0.2, -0.15) is 0 Å². The van der Waals surface area contributed by atoms with Crippen molar-refractivity contribution >= 4 is 29.5 Å². The number of benzene rings is 2. The van der Waals surface area contributed by atoms with E-state index < -0.39 is 12.6 Å². The minimum absolute atomic E-state index is 0.217. The number of hydrogen-bond acceptors (Lipinski definition) is 4. The van der Waals surface area contributed by atoms with Crippen molar-refractivity contribution in [3.05, 3.63) is 52.5 Å². The lowest BCUT2D eigenvalue weighted by molar-refractivity contribution is -0.139. The zero-order chi connectivity index (χ0) is 17.5. The molecule has 5 nitrogen and oxygen atoms in total. The number of ether oxygens (including phenoxy) is 2. The van der Waals surface area contributed by atoms with Gasteiger partial charge in [0, 0.05) is 6.21 Å². The Bertz CT molecular complexity index is 759. The molecule has 0 aromatic heterocycles. The van der Waals surface area contributed by atoms with Crippen LogP contribution in [0.25, 0.3) is 0 Å². The topological polar surface area (TPSA) is 68.1 Å². The lowest BCUT2D eigenvalue weighted by Crippen LogP contribution is -2.11. The average Bonchev–Trinajstić information content (AvgIpc) is 2.53. The molecule has 0 fully saturated rings. The summed E-state index contributed by atoms with van der Waals surface area (Å²) >= 11 is 6.21. The van der Waals surface area contributed by atoms with E-state index in [4.69, 9.17) is 26.2 Å². The quantitative estimate of drug-likeness (QED) is 0.760. The largest absolute Gasteiger partial charge is 0.490 e. The predicted molar refractivity (Wildman–Crippen MR) is 94.2 cm³/mol. The Morgan fingerprint density at radius 1 is 1.29 bits per heavy atom. The highest BCUT2D eigenvalue weighted by molar-refractivity contribution is 6.32. The van der Waals surface area contributed by atoms with Gasteiger partial charge in [-0.1, -0.05) is 29.8 Å². The van der Waals surface area contributed by atoms with E-state index in [2.05, 4.69) is 4.99 Å². The minimum Gasteiger partial charge on any atom is -0.490 e. The number of aryl methyl sites for hydroxylation is 1. The van der Waals surface area contributed by atoms with Crippen LogP contribution >= 0.6 is 11.6 Å². The highest BCUT2D eigenvalue weighted by Gasteiger charge is 2.13. The normalized spacial score (nSPS) is 10.8. The van der Waals surface area contributed by atoms with E-state index in [-0.39, 0.29) is 10.8 Å². The van der Waals surface area contributed by atoms with E-state index in [0.717, 1.165) is 16.8 Å². The number of carbonyl (C=O) groups is 1. The van der Waals surface area contributed by atoms with Crippen molar-refractivity contribution in [3.8, 4) is 11.5 Å². The molecule has 2 rings (SSSR count). The molecule has 0 aliphatic carbocycles. The number of aliphatic imine (C=N–C) groups is 1. The fourth-order valence-corrected chi connectivity index (χ4v) is 2.33. The van der Waals surface area contributed by atoms with Crippen LogP contribution in [0.15, 0.2) is 41.4 Å². The summed E-state index contributed by atoms with van der Waals surface area (Å²) < 4.78 is 10.7. The standard InChI is InChI=1S/C18H18ClNO4/c1-3-23-16-9-13(8-14(19)18(16)24-11-17(21)22)10-20-15-7-5-4-6-12(15)2/h4-10H,3,11H2,1-2H3,(H,21,22). The SMILES string of the molecule is CCOc1cc(C=Nc2ccccc2C)cc(Cl)c1OCC(=O)O. The van der Waals surface area contributed by atoms with Crippen molar-refractivity contribution < 1.29 is 19.4 Å². The van der Waals surface area contributed by atoms with E-state index >= 15 is 0 Å². The van der Waals surface area contributed by atoms with Gasteiger partial charge in [-0.05, 0) is 43.2 Å². The van der Waals surface area contributed by atoms with Gasteiger partial charge in [0.2, 0.25) is 0 Å². The van der Waals surface area contributed by atoms with E-state index in [1.807, 2.05) is 38.1 Å². The minimum atomic E-state index is -1.08. The first kappa shape index (κ1) is 17.8. The van der Waals surface area contributed by atoms with Crippen molar-refractivity contribution in [1.29, 1.82) is 0 Å². The summed E-state index contributed by atoms with van der Waals surface area (Å²) in [5.74, 6) is -0.481. The number of carboxylic acids is 1. The van der Waals surface area contributed by atoms with Crippen LogP contribution in [0.3, 0.4) is 0 Å². The van der Waals surface area contributed by atoms with Crippen LogP contribution in [-0.4, -0.2) is 30.5 Å². The number of hydrogen-bond donors (Lipinski definition) is 1. The number of para-hydroxylation sites is 1. The van der Waals surface area contributed by atoms with E-state index in [9.17, 15) is 4.79 Å². The Morgan fingerprint density at radius 3 is 2.71 bits per heavy atom. The second-order valence-corrected chi connectivity index (χ2v) is 5.40. The van der Waals surface area contributed by atoms with Gasteiger partial charge in [-0.25, -0.2) is 4.79 Å². The van der Waals surface area contributed by atoms with Gasteiger partial charge in [0.25, 0.3) is 0 Å². The zero-order valence-electron chi connectivity index (χ0n) is 13.5. The van der Waals surface area contributed by atoms with Gasteiger partial charge in [0.15, 0.2) is 18.1 Å². The van der Waals surface area contributed by atoms with Crippen molar-refractivity contribution in [2.75, 3.05) is 13.2 Å². The van der Waals surface area contributed by atoms with Gasteiger partial charge in [-0.15, -0.1) is 0 Å². The third-order valence-corrected chi connectivity index (χ3v) is 3.42. The third kappa shape index (κ3) is 4.73.